The van der Waals surface area contributed by atoms with Crippen molar-refractivity contribution < 1.29 is 55.6 Å². The van der Waals surface area contributed by atoms with Gasteiger partial charge in [0.25, 0.3) is 0 Å². The first-order valence-electron chi connectivity index (χ1n) is 12.5. The highest BCUT2D eigenvalue weighted by molar-refractivity contribution is 5.92. The number of aliphatic hydroxyl groups is 2. The van der Waals surface area contributed by atoms with E-state index in [1.807, 2.05) is 0 Å². The van der Waals surface area contributed by atoms with E-state index < -0.39 is 83.1 Å². The number of benzene rings is 1. The van der Waals surface area contributed by atoms with Crippen LogP contribution in [0.3, 0.4) is 0 Å². The summed E-state index contributed by atoms with van der Waals surface area (Å²) in [6.07, 6.45) is -11.8. The lowest BCUT2D eigenvalue weighted by Gasteiger charge is -2.51. The monoisotopic (exact) mass is 609 g/mol. The van der Waals surface area contributed by atoms with E-state index in [0.29, 0.717) is 13.0 Å². The summed E-state index contributed by atoms with van der Waals surface area (Å²) < 4.78 is 90.9. The number of alkyl halides is 6. The average Bonchev–Trinajstić information content (AvgIpc) is 3.26. The van der Waals surface area contributed by atoms with Crippen LogP contribution in [0, 0.1) is 10.8 Å². The summed E-state index contributed by atoms with van der Waals surface area (Å²) in [6, 6.07) is -2.01. The van der Waals surface area contributed by atoms with Crippen LogP contribution in [-0.4, -0.2) is 99.9 Å². The predicted octanol–water partition coefficient (Wildman–Crippen LogP) is -0.0584. The zero-order chi connectivity index (χ0) is 30.8. The van der Waals surface area contributed by atoms with E-state index in [-0.39, 0.29) is 43.8 Å². The van der Waals surface area contributed by atoms with Crippen molar-refractivity contribution >= 4 is 23.8 Å². The number of guanidine groups is 2. The molecule has 4 aliphatic rings. The van der Waals surface area contributed by atoms with Crippen LogP contribution in [0.15, 0.2) is 18.2 Å². The van der Waals surface area contributed by atoms with Crippen LogP contribution >= 0.6 is 0 Å². The third-order valence-corrected chi connectivity index (χ3v) is 7.66. The van der Waals surface area contributed by atoms with Crippen molar-refractivity contribution in [1.82, 2.24) is 25.8 Å². The Morgan fingerprint density at radius 2 is 1.86 bits per heavy atom. The summed E-state index contributed by atoms with van der Waals surface area (Å²) >= 11 is 0. The van der Waals surface area contributed by atoms with E-state index in [0.717, 1.165) is 4.90 Å². The van der Waals surface area contributed by atoms with Gasteiger partial charge < -0.3 is 45.4 Å². The minimum Gasteiger partial charge on any atom is -0.451 e. The average molecular weight is 609 g/mol. The molecule has 1 aromatic carbocycles. The molecule has 0 aliphatic carbocycles. The van der Waals surface area contributed by atoms with Crippen LogP contribution in [0.1, 0.15) is 34.3 Å². The first-order chi connectivity index (χ1) is 19.5. The van der Waals surface area contributed by atoms with E-state index in [9.17, 15) is 46.1 Å². The van der Waals surface area contributed by atoms with Crippen LogP contribution in [0.4, 0.5) is 26.3 Å². The normalized spacial score (nSPS) is 29.2. The van der Waals surface area contributed by atoms with Gasteiger partial charge in [-0.2, -0.15) is 26.3 Å². The van der Waals surface area contributed by atoms with Crippen LogP contribution in [-0.2, 0) is 26.6 Å². The van der Waals surface area contributed by atoms with Crippen molar-refractivity contribution in [3.05, 3.63) is 34.9 Å². The number of carbonyl (C=O) groups is 2. The lowest BCUT2D eigenvalue weighted by atomic mass is 9.85. The standard InChI is InChI=1S/C23H25F6N7O6/c24-22(25,26)10-3-4-12(23(27,28)29)11(6-10)17(38)42-14-8-36-19(31)32-13(7-35-9-41-5-1-2-15(35)37)16-20(36,21(14,39)40)34-18(30)33-16/h3-4,6,13-14,16,39-40H,1-2,5,7-9H2,(H2,31,32)(H3,30,33,34)/t13-,14-,16?,20?/m0/s1. The SMILES string of the molecule is N=C1NC2[C@H](CN3COCCCC3=O)NC(=N)N3C[C@H](OC(=O)c4cc(C(F)(F)F)ccc4C(F)(F)F)C(O)(O)C23N1. The summed E-state index contributed by atoms with van der Waals surface area (Å²) in [7, 11) is 0. The molecule has 230 valence electrons. The number of rotatable bonds is 4. The van der Waals surface area contributed by atoms with Gasteiger partial charge in [-0.05, 0) is 24.6 Å². The Hall–Kier alpha value is -3.84. The second-order valence-corrected chi connectivity index (χ2v) is 10.2. The second kappa shape index (κ2) is 9.87. The summed E-state index contributed by atoms with van der Waals surface area (Å²) in [5.74, 6) is -6.37. The molecule has 19 heteroatoms. The van der Waals surface area contributed by atoms with Crippen LogP contribution in [0.2, 0.25) is 0 Å². The van der Waals surface area contributed by atoms with Crippen LogP contribution in [0.5, 0.6) is 0 Å². The lowest BCUT2D eigenvalue weighted by molar-refractivity contribution is -0.258. The topological polar surface area (TPSA) is 183 Å². The molecular weight excluding hydrogens is 584 g/mol. The van der Waals surface area contributed by atoms with Gasteiger partial charge in [0.15, 0.2) is 23.7 Å². The van der Waals surface area contributed by atoms with Gasteiger partial charge in [-0.3, -0.25) is 15.6 Å². The quantitative estimate of drug-likeness (QED) is 0.139. The fourth-order valence-electron chi connectivity index (χ4n) is 5.72. The molecule has 42 heavy (non-hydrogen) atoms. The van der Waals surface area contributed by atoms with Crippen molar-refractivity contribution in [1.29, 1.82) is 10.8 Å². The third kappa shape index (κ3) is 4.74. The minimum atomic E-state index is -5.26. The Morgan fingerprint density at radius 1 is 1.14 bits per heavy atom. The smallest absolute Gasteiger partial charge is 0.417 e. The number of carbonyl (C=O) groups excluding carboxylic acids is 2. The maximum absolute atomic E-state index is 13.6. The Labute approximate surface area is 232 Å². The molecule has 0 saturated carbocycles. The molecule has 2 unspecified atom stereocenters. The molecule has 4 atom stereocenters. The largest absolute Gasteiger partial charge is 0.451 e. The first-order valence-corrected chi connectivity index (χ1v) is 12.5. The maximum atomic E-state index is 13.6. The summed E-state index contributed by atoms with van der Waals surface area (Å²) in [5, 5.41) is 47.4. The number of halogens is 6. The fraction of sp³-hybridized carbons (Fsp3) is 0.565. The highest BCUT2D eigenvalue weighted by atomic mass is 19.4. The number of amides is 1. The van der Waals surface area contributed by atoms with Crippen molar-refractivity contribution in [2.45, 2.75) is 54.8 Å². The third-order valence-electron chi connectivity index (χ3n) is 7.66. The molecule has 0 aromatic heterocycles. The maximum Gasteiger partial charge on any atom is 0.417 e. The molecule has 4 aliphatic heterocycles. The Bertz CT molecular complexity index is 1320. The molecule has 4 fully saturated rings. The molecular formula is C23H25F6N7O6. The van der Waals surface area contributed by atoms with Gasteiger partial charge in [-0.25, -0.2) is 4.79 Å². The summed E-state index contributed by atoms with van der Waals surface area (Å²) in [4.78, 5) is 27.8. The van der Waals surface area contributed by atoms with Gasteiger partial charge >= 0.3 is 18.3 Å². The molecule has 5 rings (SSSR count). The zero-order valence-corrected chi connectivity index (χ0v) is 21.4. The van der Waals surface area contributed by atoms with E-state index in [1.165, 1.54) is 4.90 Å². The van der Waals surface area contributed by atoms with E-state index in [2.05, 4.69) is 16.0 Å². The number of nitrogens with one attached hydrogen (secondary N) is 5. The Kier molecular flexibility index (Phi) is 6.97. The molecule has 4 saturated heterocycles. The van der Waals surface area contributed by atoms with Gasteiger partial charge in [0.1, 0.15) is 6.73 Å². The Morgan fingerprint density at radius 3 is 2.52 bits per heavy atom. The summed E-state index contributed by atoms with van der Waals surface area (Å²) in [6.45, 7) is -0.626. The Balaban J connectivity index is 1.47. The van der Waals surface area contributed by atoms with Gasteiger partial charge in [0.2, 0.25) is 11.7 Å². The molecule has 0 bridgehead atoms. The molecule has 7 N–H and O–H groups in total. The molecule has 1 aromatic rings. The van der Waals surface area contributed by atoms with E-state index in [4.69, 9.17) is 20.3 Å². The molecule has 4 heterocycles. The summed E-state index contributed by atoms with van der Waals surface area (Å²) in [5.41, 5.74) is -7.04. The first kappa shape index (κ1) is 29.6. The minimum absolute atomic E-state index is 0.0457. The molecule has 1 spiro atoms. The van der Waals surface area contributed by atoms with Crippen molar-refractivity contribution in [3.63, 3.8) is 0 Å². The van der Waals surface area contributed by atoms with Crippen LogP contribution in [0.25, 0.3) is 0 Å². The van der Waals surface area contributed by atoms with Crippen molar-refractivity contribution in [2.24, 2.45) is 0 Å². The molecule has 13 nitrogen and oxygen atoms in total. The molecule has 0 radical (unpaired) electrons. The second-order valence-electron chi connectivity index (χ2n) is 10.2. The van der Waals surface area contributed by atoms with Crippen LogP contribution < -0.4 is 16.0 Å². The number of hydrogen-bond acceptors (Lipinski definition) is 8. The van der Waals surface area contributed by atoms with Gasteiger partial charge in [0, 0.05) is 19.6 Å². The predicted molar refractivity (Wildman–Crippen MR) is 126 cm³/mol. The highest BCUT2D eigenvalue weighted by Crippen LogP contribution is 2.45. The lowest BCUT2D eigenvalue weighted by Crippen LogP contribution is -2.81. The number of nitrogens with zero attached hydrogens (tertiary/aromatic N) is 2. The van der Waals surface area contributed by atoms with Crippen molar-refractivity contribution in [2.75, 3.05) is 26.4 Å². The van der Waals surface area contributed by atoms with E-state index in [1.54, 1.807) is 0 Å². The van der Waals surface area contributed by atoms with Gasteiger partial charge in [-0.1, -0.05) is 0 Å². The zero-order valence-electron chi connectivity index (χ0n) is 21.4. The highest BCUT2D eigenvalue weighted by Gasteiger charge is 2.75. The number of ether oxygens (including phenoxy) is 2. The number of esters is 1. The molecule has 1 amide bonds. The number of hydrogen-bond donors (Lipinski definition) is 7. The van der Waals surface area contributed by atoms with E-state index >= 15 is 0 Å². The van der Waals surface area contributed by atoms with Gasteiger partial charge in [0.05, 0.1) is 35.3 Å². The van der Waals surface area contributed by atoms with Gasteiger partial charge in [-0.15, -0.1) is 0 Å². The fourth-order valence-corrected chi connectivity index (χ4v) is 5.72. The van der Waals surface area contributed by atoms with Crippen molar-refractivity contribution in [3.8, 4) is 0 Å².